The third-order valence-corrected chi connectivity index (χ3v) is 4.99. The molecule has 1 unspecified atom stereocenters. The van der Waals surface area contributed by atoms with Crippen molar-refractivity contribution in [2.75, 3.05) is 0 Å². The first-order valence-corrected chi connectivity index (χ1v) is 9.22. The molecule has 0 saturated carbocycles. The second-order valence-electron chi connectivity index (χ2n) is 6.19. The molecular formula is C22H18Cl2O3. The second-order valence-corrected chi connectivity index (χ2v) is 7.00. The van der Waals surface area contributed by atoms with Crippen molar-refractivity contribution in [3.63, 3.8) is 0 Å². The third kappa shape index (κ3) is 5.25. The molecule has 0 aliphatic heterocycles. The smallest absolute Gasteiger partial charge is 0.311 e. The molecule has 0 fully saturated rings. The van der Waals surface area contributed by atoms with Crippen molar-refractivity contribution >= 4 is 29.2 Å². The molecule has 27 heavy (non-hydrogen) atoms. The number of halogens is 2. The first kappa shape index (κ1) is 19.3. The number of rotatable bonds is 7. The van der Waals surface area contributed by atoms with Crippen LogP contribution in [0.3, 0.4) is 0 Å². The highest BCUT2D eigenvalue weighted by molar-refractivity contribution is 6.42. The van der Waals surface area contributed by atoms with Gasteiger partial charge in [-0.1, -0.05) is 71.7 Å². The minimum atomic E-state index is -0.832. The molecule has 1 atom stereocenters. The minimum Gasteiger partial charge on any atom is -0.489 e. The fourth-order valence-electron chi connectivity index (χ4n) is 2.79. The van der Waals surface area contributed by atoms with Crippen molar-refractivity contribution in [1.82, 2.24) is 0 Å². The molecule has 0 bridgehead atoms. The summed E-state index contributed by atoms with van der Waals surface area (Å²) in [4.78, 5) is 11.6. The SMILES string of the molecule is O=C(O)C(Cc1ccc(OCc2ccc(Cl)c(Cl)c2)cc1)c1ccccc1. The summed E-state index contributed by atoms with van der Waals surface area (Å²) in [5.74, 6) is -0.702. The van der Waals surface area contributed by atoms with E-state index in [4.69, 9.17) is 27.9 Å². The number of carboxylic acids is 1. The van der Waals surface area contributed by atoms with Crippen molar-refractivity contribution in [2.24, 2.45) is 0 Å². The van der Waals surface area contributed by atoms with Crippen LogP contribution in [0.4, 0.5) is 0 Å². The average molecular weight is 401 g/mol. The Kier molecular flexibility index (Phi) is 6.38. The molecule has 0 saturated heterocycles. The molecule has 3 nitrogen and oxygen atoms in total. The van der Waals surface area contributed by atoms with E-state index in [-0.39, 0.29) is 0 Å². The Morgan fingerprint density at radius 1 is 0.889 bits per heavy atom. The lowest BCUT2D eigenvalue weighted by Gasteiger charge is -2.13. The maximum Gasteiger partial charge on any atom is 0.311 e. The maximum absolute atomic E-state index is 11.6. The molecule has 0 aliphatic carbocycles. The Hall–Kier alpha value is -2.49. The maximum atomic E-state index is 11.6. The van der Waals surface area contributed by atoms with Crippen molar-refractivity contribution in [3.8, 4) is 5.75 Å². The first-order chi connectivity index (χ1) is 13.0. The third-order valence-electron chi connectivity index (χ3n) is 4.25. The van der Waals surface area contributed by atoms with Crippen LogP contribution in [0.1, 0.15) is 22.6 Å². The predicted octanol–water partition coefficient (Wildman–Crippen LogP) is 5.98. The van der Waals surface area contributed by atoms with Crippen molar-refractivity contribution in [1.29, 1.82) is 0 Å². The summed E-state index contributed by atoms with van der Waals surface area (Å²) < 4.78 is 5.76. The Morgan fingerprint density at radius 2 is 1.56 bits per heavy atom. The van der Waals surface area contributed by atoms with Crippen LogP contribution in [0.15, 0.2) is 72.8 Å². The van der Waals surface area contributed by atoms with Crippen molar-refractivity contribution in [3.05, 3.63) is 99.5 Å². The van der Waals surface area contributed by atoms with Gasteiger partial charge >= 0.3 is 5.97 Å². The molecule has 0 spiro atoms. The summed E-state index contributed by atoms with van der Waals surface area (Å²) in [5.41, 5.74) is 2.65. The van der Waals surface area contributed by atoms with Gasteiger partial charge in [-0.05, 0) is 47.4 Å². The summed E-state index contributed by atoms with van der Waals surface area (Å²) in [5, 5.41) is 10.6. The molecule has 0 aromatic heterocycles. The predicted molar refractivity (Wildman–Crippen MR) is 108 cm³/mol. The van der Waals surface area contributed by atoms with Gasteiger partial charge < -0.3 is 9.84 Å². The number of aliphatic carboxylic acids is 1. The lowest BCUT2D eigenvalue weighted by atomic mass is 9.92. The number of carboxylic acid groups (broad SMARTS) is 1. The van der Waals surface area contributed by atoms with Crippen LogP contribution in [0.5, 0.6) is 5.75 Å². The standard InChI is InChI=1S/C22H18Cl2O3/c23-20-11-8-16(13-21(20)24)14-27-18-9-6-15(7-10-18)12-19(22(25)26)17-4-2-1-3-5-17/h1-11,13,19H,12,14H2,(H,25,26). The molecule has 0 amide bonds. The minimum absolute atomic E-state index is 0.373. The van der Waals surface area contributed by atoms with E-state index in [1.807, 2.05) is 60.7 Å². The summed E-state index contributed by atoms with van der Waals surface area (Å²) in [6, 6.07) is 22.1. The van der Waals surface area contributed by atoms with E-state index >= 15 is 0 Å². The van der Waals surface area contributed by atoms with Crippen molar-refractivity contribution < 1.29 is 14.6 Å². The highest BCUT2D eigenvalue weighted by Gasteiger charge is 2.20. The lowest BCUT2D eigenvalue weighted by Crippen LogP contribution is -2.14. The lowest BCUT2D eigenvalue weighted by molar-refractivity contribution is -0.138. The van der Waals surface area contributed by atoms with E-state index in [0.717, 1.165) is 16.7 Å². The van der Waals surface area contributed by atoms with Crippen LogP contribution in [0.2, 0.25) is 10.0 Å². The van der Waals surface area contributed by atoms with Gasteiger partial charge in [-0.25, -0.2) is 0 Å². The van der Waals surface area contributed by atoms with E-state index in [0.29, 0.717) is 28.8 Å². The molecule has 3 aromatic carbocycles. The van der Waals surface area contributed by atoms with Gasteiger partial charge in [0.1, 0.15) is 12.4 Å². The summed E-state index contributed by atoms with van der Waals surface area (Å²) in [6.45, 7) is 0.373. The van der Waals surface area contributed by atoms with Crippen LogP contribution in [-0.2, 0) is 17.8 Å². The van der Waals surface area contributed by atoms with Gasteiger partial charge in [0, 0.05) is 0 Å². The van der Waals surface area contributed by atoms with E-state index in [1.165, 1.54) is 0 Å². The van der Waals surface area contributed by atoms with Gasteiger partial charge in [0.05, 0.1) is 16.0 Å². The fraction of sp³-hybridized carbons (Fsp3) is 0.136. The largest absolute Gasteiger partial charge is 0.489 e. The Bertz CT molecular complexity index is 909. The number of ether oxygens (including phenoxy) is 1. The summed E-state index contributed by atoms with van der Waals surface area (Å²) in [7, 11) is 0. The van der Waals surface area contributed by atoms with E-state index in [2.05, 4.69) is 0 Å². The zero-order valence-corrected chi connectivity index (χ0v) is 16.0. The molecule has 5 heteroatoms. The number of benzene rings is 3. The van der Waals surface area contributed by atoms with E-state index in [1.54, 1.807) is 12.1 Å². The highest BCUT2D eigenvalue weighted by atomic mass is 35.5. The quantitative estimate of drug-likeness (QED) is 0.530. The molecule has 1 N–H and O–H groups in total. The van der Waals surface area contributed by atoms with Gasteiger partial charge in [-0.2, -0.15) is 0 Å². The second kappa shape index (κ2) is 8.94. The van der Waals surface area contributed by atoms with E-state index < -0.39 is 11.9 Å². The first-order valence-electron chi connectivity index (χ1n) is 8.46. The molecule has 0 radical (unpaired) electrons. The molecular weight excluding hydrogens is 383 g/mol. The van der Waals surface area contributed by atoms with Gasteiger partial charge in [0.15, 0.2) is 0 Å². The van der Waals surface area contributed by atoms with Crippen LogP contribution in [-0.4, -0.2) is 11.1 Å². The van der Waals surface area contributed by atoms with Crippen molar-refractivity contribution in [2.45, 2.75) is 18.9 Å². The topological polar surface area (TPSA) is 46.5 Å². The normalized spacial score (nSPS) is 11.8. The Labute approximate surface area is 168 Å². The molecule has 0 aliphatic rings. The van der Waals surface area contributed by atoms with Gasteiger partial charge in [-0.3, -0.25) is 4.79 Å². The zero-order chi connectivity index (χ0) is 19.2. The molecule has 0 heterocycles. The van der Waals surface area contributed by atoms with Crippen LogP contribution < -0.4 is 4.74 Å². The van der Waals surface area contributed by atoms with Gasteiger partial charge in [0.25, 0.3) is 0 Å². The summed E-state index contributed by atoms with van der Waals surface area (Å²) >= 11 is 11.9. The van der Waals surface area contributed by atoms with Crippen LogP contribution in [0, 0.1) is 0 Å². The van der Waals surface area contributed by atoms with Gasteiger partial charge in [-0.15, -0.1) is 0 Å². The van der Waals surface area contributed by atoms with Crippen LogP contribution >= 0.6 is 23.2 Å². The molecule has 3 rings (SSSR count). The molecule has 3 aromatic rings. The van der Waals surface area contributed by atoms with E-state index in [9.17, 15) is 9.90 Å². The molecule has 138 valence electrons. The zero-order valence-electron chi connectivity index (χ0n) is 14.4. The van der Waals surface area contributed by atoms with Gasteiger partial charge in [0.2, 0.25) is 0 Å². The highest BCUT2D eigenvalue weighted by Crippen LogP contribution is 2.25. The Balaban J connectivity index is 1.64. The van der Waals surface area contributed by atoms with Crippen LogP contribution in [0.25, 0.3) is 0 Å². The Morgan fingerprint density at radius 3 is 2.19 bits per heavy atom. The number of carbonyl (C=O) groups is 1. The monoisotopic (exact) mass is 400 g/mol. The average Bonchev–Trinajstić information content (AvgIpc) is 2.68. The number of hydrogen-bond donors (Lipinski definition) is 1. The fourth-order valence-corrected chi connectivity index (χ4v) is 3.11. The number of hydrogen-bond acceptors (Lipinski definition) is 2. The summed E-state index contributed by atoms with van der Waals surface area (Å²) in [6.07, 6.45) is 0.423.